The lowest BCUT2D eigenvalue weighted by atomic mass is 10.1. The number of hydrogen-bond donors (Lipinski definition) is 0. The van der Waals surface area contributed by atoms with E-state index in [0.717, 1.165) is 11.8 Å². The van der Waals surface area contributed by atoms with E-state index in [2.05, 4.69) is 0 Å². The van der Waals surface area contributed by atoms with E-state index < -0.39 is 5.63 Å². The van der Waals surface area contributed by atoms with Crippen molar-refractivity contribution in [1.82, 2.24) is 0 Å². The SMILES string of the molecule is CCCC(=O)Cc1cc2ccccc2oc1=O. The molecule has 0 saturated carbocycles. The zero-order valence-electron chi connectivity index (χ0n) is 9.73. The second-order valence-electron chi connectivity index (χ2n) is 4.06. The molecule has 2 aromatic rings. The topological polar surface area (TPSA) is 47.3 Å². The molecule has 0 spiro atoms. The van der Waals surface area contributed by atoms with Crippen LogP contribution in [-0.2, 0) is 11.2 Å². The van der Waals surface area contributed by atoms with Gasteiger partial charge < -0.3 is 4.42 Å². The lowest BCUT2D eigenvalue weighted by Crippen LogP contribution is -2.12. The number of carbonyl (C=O) groups is 1. The van der Waals surface area contributed by atoms with E-state index in [-0.39, 0.29) is 12.2 Å². The molecule has 0 aliphatic rings. The Kier molecular flexibility index (Phi) is 3.38. The molecule has 0 fully saturated rings. The van der Waals surface area contributed by atoms with Gasteiger partial charge in [-0.2, -0.15) is 0 Å². The van der Waals surface area contributed by atoms with Crippen LogP contribution in [0.25, 0.3) is 11.0 Å². The molecule has 0 atom stereocenters. The second kappa shape index (κ2) is 4.95. The summed E-state index contributed by atoms with van der Waals surface area (Å²) < 4.78 is 5.16. The molecule has 88 valence electrons. The van der Waals surface area contributed by atoms with Gasteiger partial charge >= 0.3 is 5.63 Å². The third-order valence-corrected chi connectivity index (χ3v) is 2.63. The highest BCUT2D eigenvalue weighted by atomic mass is 16.4. The predicted octanol–water partition coefficient (Wildman–Crippen LogP) is 2.70. The molecule has 0 aliphatic carbocycles. The van der Waals surface area contributed by atoms with Crippen LogP contribution in [-0.4, -0.2) is 5.78 Å². The van der Waals surface area contributed by atoms with E-state index >= 15 is 0 Å². The highest BCUT2D eigenvalue weighted by Crippen LogP contribution is 2.13. The molecule has 2 rings (SSSR count). The van der Waals surface area contributed by atoms with Crippen LogP contribution in [0, 0.1) is 0 Å². The summed E-state index contributed by atoms with van der Waals surface area (Å²) in [6.07, 6.45) is 1.48. The summed E-state index contributed by atoms with van der Waals surface area (Å²) in [5.74, 6) is 0.0788. The predicted molar refractivity (Wildman–Crippen MR) is 66.1 cm³/mol. The maximum absolute atomic E-state index is 11.7. The molecular formula is C14H14O3. The van der Waals surface area contributed by atoms with Gasteiger partial charge in [-0.25, -0.2) is 4.79 Å². The van der Waals surface area contributed by atoms with Crippen molar-refractivity contribution in [2.24, 2.45) is 0 Å². The second-order valence-corrected chi connectivity index (χ2v) is 4.06. The third-order valence-electron chi connectivity index (χ3n) is 2.63. The Morgan fingerprint density at radius 3 is 2.82 bits per heavy atom. The number of carbonyl (C=O) groups excluding carboxylic acids is 1. The van der Waals surface area contributed by atoms with Gasteiger partial charge in [0.25, 0.3) is 0 Å². The molecule has 0 bridgehead atoms. The molecule has 1 heterocycles. The van der Waals surface area contributed by atoms with Crippen LogP contribution in [0.2, 0.25) is 0 Å². The molecule has 3 heteroatoms. The zero-order chi connectivity index (χ0) is 12.3. The molecule has 1 aromatic heterocycles. The molecule has 0 aliphatic heterocycles. The van der Waals surface area contributed by atoms with E-state index in [0.29, 0.717) is 17.6 Å². The van der Waals surface area contributed by atoms with E-state index in [4.69, 9.17) is 4.42 Å². The quantitative estimate of drug-likeness (QED) is 0.759. The standard InChI is InChI=1S/C14H14O3/c1-2-5-12(15)9-11-8-10-6-3-4-7-13(10)17-14(11)16/h3-4,6-8H,2,5,9H2,1H3. The molecule has 0 radical (unpaired) electrons. The van der Waals surface area contributed by atoms with E-state index in [1.807, 2.05) is 25.1 Å². The Morgan fingerprint density at radius 1 is 1.29 bits per heavy atom. The molecule has 0 N–H and O–H groups in total. The van der Waals surface area contributed by atoms with Crippen LogP contribution >= 0.6 is 0 Å². The van der Waals surface area contributed by atoms with Gasteiger partial charge in [-0.05, 0) is 18.6 Å². The van der Waals surface area contributed by atoms with Crippen LogP contribution in [0.3, 0.4) is 0 Å². The van der Waals surface area contributed by atoms with Crippen LogP contribution < -0.4 is 5.63 Å². The third kappa shape index (κ3) is 2.61. The van der Waals surface area contributed by atoms with Gasteiger partial charge in [-0.1, -0.05) is 25.1 Å². The summed E-state index contributed by atoms with van der Waals surface area (Å²) in [6.45, 7) is 1.95. The highest BCUT2D eigenvalue weighted by Gasteiger charge is 2.09. The van der Waals surface area contributed by atoms with Crippen molar-refractivity contribution in [3.63, 3.8) is 0 Å². The lowest BCUT2D eigenvalue weighted by molar-refractivity contribution is -0.118. The lowest BCUT2D eigenvalue weighted by Gasteiger charge is -2.01. The molecule has 17 heavy (non-hydrogen) atoms. The first-order valence-electron chi connectivity index (χ1n) is 5.74. The van der Waals surface area contributed by atoms with E-state index in [1.165, 1.54) is 0 Å². The average molecular weight is 230 g/mol. The molecule has 1 aromatic carbocycles. The molecule has 0 saturated heterocycles. The van der Waals surface area contributed by atoms with Crippen molar-refractivity contribution in [3.8, 4) is 0 Å². The minimum Gasteiger partial charge on any atom is -0.423 e. The largest absolute Gasteiger partial charge is 0.423 e. The Morgan fingerprint density at radius 2 is 2.06 bits per heavy atom. The highest BCUT2D eigenvalue weighted by molar-refractivity contribution is 5.82. The van der Waals surface area contributed by atoms with E-state index in [1.54, 1.807) is 12.1 Å². The van der Waals surface area contributed by atoms with Gasteiger partial charge in [0.1, 0.15) is 11.4 Å². The maximum atomic E-state index is 11.7. The smallest absolute Gasteiger partial charge is 0.339 e. The van der Waals surface area contributed by atoms with Crippen molar-refractivity contribution in [3.05, 3.63) is 46.3 Å². The van der Waals surface area contributed by atoms with Crippen molar-refractivity contribution in [2.75, 3.05) is 0 Å². The molecular weight excluding hydrogens is 216 g/mol. The van der Waals surface area contributed by atoms with E-state index in [9.17, 15) is 9.59 Å². The number of benzene rings is 1. The average Bonchev–Trinajstić information content (AvgIpc) is 2.30. The number of hydrogen-bond acceptors (Lipinski definition) is 3. The Balaban J connectivity index is 2.37. The summed E-state index contributed by atoms with van der Waals surface area (Å²) in [6, 6.07) is 9.04. The summed E-state index contributed by atoms with van der Waals surface area (Å²) in [5, 5.41) is 0.853. The summed E-state index contributed by atoms with van der Waals surface area (Å²) >= 11 is 0. The van der Waals surface area contributed by atoms with Gasteiger partial charge in [0, 0.05) is 23.8 Å². The first-order chi connectivity index (χ1) is 8.20. The van der Waals surface area contributed by atoms with Crippen molar-refractivity contribution in [1.29, 1.82) is 0 Å². The number of Topliss-reactive ketones (excluding diaryl/α,β-unsaturated/α-hetero) is 1. The molecule has 0 amide bonds. The number of para-hydroxylation sites is 1. The van der Waals surface area contributed by atoms with Crippen LogP contribution in [0.5, 0.6) is 0 Å². The van der Waals surface area contributed by atoms with Crippen LogP contribution in [0.15, 0.2) is 39.5 Å². The minimum atomic E-state index is -0.409. The Labute approximate surface area is 99.1 Å². The van der Waals surface area contributed by atoms with Gasteiger partial charge in [0.05, 0.1) is 0 Å². The zero-order valence-corrected chi connectivity index (χ0v) is 9.73. The summed E-state index contributed by atoms with van der Waals surface area (Å²) in [4.78, 5) is 23.2. The maximum Gasteiger partial charge on any atom is 0.339 e. The van der Waals surface area contributed by atoms with Crippen molar-refractivity contribution in [2.45, 2.75) is 26.2 Å². The fourth-order valence-electron chi connectivity index (χ4n) is 1.81. The molecule has 0 unspecified atom stereocenters. The van der Waals surface area contributed by atoms with Crippen molar-refractivity contribution < 1.29 is 9.21 Å². The van der Waals surface area contributed by atoms with Crippen LogP contribution in [0.1, 0.15) is 25.3 Å². The fraction of sp³-hybridized carbons (Fsp3) is 0.286. The number of fused-ring (bicyclic) bond motifs is 1. The van der Waals surface area contributed by atoms with Gasteiger partial charge in [-0.3, -0.25) is 4.79 Å². The first-order valence-corrected chi connectivity index (χ1v) is 5.74. The van der Waals surface area contributed by atoms with Gasteiger partial charge in [0.15, 0.2) is 0 Å². The van der Waals surface area contributed by atoms with Gasteiger partial charge in [0.2, 0.25) is 0 Å². The minimum absolute atomic E-state index is 0.0788. The number of rotatable bonds is 4. The normalized spacial score (nSPS) is 10.6. The van der Waals surface area contributed by atoms with Gasteiger partial charge in [-0.15, -0.1) is 0 Å². The number of ketones is 1. The first kappa shape index (κ1) is 11.6. The van der Waals surface area contributed by atoms with Crippen LogP contribution in [0.4, 0.5) is 0 Å². The summed E-state index contributed by atoms with van der Waals surface area (Å²) in [7, 11) is 0. The summed E-state index contributed by atoms with van der Waals surface area (Å²) in [5.41, 5.74) is 0.597. The molecule has 3 nitrogen and oxygen atoms in total. The Bertz CT molecular complexity index is 596. The van der Waals surface area contributed by atoms with Crippen molar-refractivity contribution >= 4 is 16.8 Å². The Hall–Kier alpha value is -1.90. The fourth-order valence-corrected chi connectivity index (χ4v) is 1.81. The monoisotopic (exact) mass is 230 g/mol.